The van der Waals surface area contributed by atoms with Crippen LogP contribution in [0, 0.1) is 11.3 Å². The Morgan fingerprint density at radius 1 is 1.45 bits per heavy atom. The standard InChI is InChI=1S/C12H16N4O3S/c1-8(2)16(7-12(15)17)20(18,19)11-4-3-9(6-13)5-10(11)14/h3-5,8H,7,14H2,1-2H3,(H2,15,17). The first kappa shape index (κ1) is 15.9. The van der Waals surface area contributed by atoms with Crippen LogP contribution >= 0.6 is 0 Å². The van der Waals surface area contributed by atoms with E-state index in [1.165, 1.54) is 18.2 Å². The van der Waals surface area contributed by atoms with Gasteiger partial charge < -0.3 is 11.5 Å². The summed E-state index contributed by atoms with van der Waals surface area (Å²) >= 11 is 0. The SMILES string of the molecule is CC(C)N(CC(N)=O)S(=O)(=O)c1ccc(C#N)cc1N. The molecule has 1 aromatic carbocycles. The molecular weight excluding hydrogens is 280 g/mol. The van der Waals surface area contributed by atoms with Crippen molar-refractivity contribution in [3.8, 4) is 6.07 Å². The highest BCUT2D eigenvalue weighted by atomic mass is 32.2. The highest BCUT2D eigenvalue weighted by Crippen LogP contribution is 2.24. The number of carbonyl (C=O) groups excluding carboxylic acids is 1. The molecule has 0 spiro atoms. The Balaban J connectivity index is 3.34. The van der Waals surface area contributed by atoms with E-state index in [-0.39, 0.29) is 16.1 Å². The monoisotopic (exact) mass is 296 g/mol. The fourth-order valence-corrected chi connectivity index (χ4v) is 3.38. The Kier molecular flexibility index (Phi) is 4.70. The maximum absolute atomic E-state index is 12.5. The molecule has 0 aliphatic rings. The molecule has 0 unspecified atom stereocenters. The van der Waals surface area contributed by atoms with Gasteiger partial charge in [-0.3, -0.25) is 4.79 Å². The number of sulfonamides is 1. The van der Waals surface area contributed by atoms with Crippen LogP contribution in [0.15, 0.2) is 23.1 Å². The minimum atomic E-state index is -3.95. The van der Waals surface area contributed by atoms with Gasteiger partial charge in [0, 0.05) is 6.04 Å². The highest BCUT2D eigenvalue weighted by molar-refractivity contribution is 7.89. The zero-order valence-corrected chi connectivity index (χ0v) is 12.0. The molecule has 1 aromatic rings. The van der Waals surface area contributed by atoms with E-state index >= 15 is 0 Å². The summed E-state index contributed by atoms with van der Waals surface area (Å²) in [6, 6.07) is 5.29. The fraction of sp³-hybridized carbons (Fsp3) is 0.333. The number of amides is 1. The summed E-state index contributed by atoms with van der Waals surface area (Å²) in [7, 11) is -3.95. The molecule has 1 rings (SSSR count). The molecule has 0 atom stereocenters. The lowest BCUT2D eigenvalue weighted by atomic mass is 10.2. The second-order valence-electron chi connectivity index (χ2n) is 4.47. The van der Waals surface area contributed by atoms with Crippen molar-refractivity contribution in [2.75, 3.05) is 12.3 Å². The van der Waals surface area contributed by atoms with Crippen LogP contribution in [0.4, 0.5) is 5.69 Å². The minimum absolute atomic E-state index is 0.0424. The van der Waals surface area contributed by atoms with E-state index in [4.69, 9.17) is 16.7 Å². The molecule has 0 bridgehead atoms. The Bertz CT molecular complexity index is 662. The predicted molar refractivity (Wildman–Crippen MR) is 73.8 cm³/mol. The molecule has 0 radical (unpaired) electrons. The van der Waals surface area contributed by atoms with Crippen molar-refractivity contribution in [3.63, 3.8) is 0 Å². The van der Waals surface area contributed by atoms with Crippen LogP contribution in [0.1, 0.15) is 19.4 Å². The van der Waals surface area contributed by atoms with Crippen molar-refractivity contribution in [1.82, 2.24) is 4.31 Å². The molecule has 0 saturated heterocycles. The first-order valence-electron chi connectivity index (χ1n) is 5.80. The molecule has 108 valence electrons. The van der Waals surface area contributed by atoms with Gasteiger partial charge in [-0.1, -0.05) is 0 Å². The van der Waals surface area contributed by atoms with E-state index in [0.717, 1.165) is 4.31 Å². The molecule has 4 N–H and O–H groups in total. The first-order valence-corrected chi connectivity index (χ1v) is 7.24. The van der Waals surface area contributed by atoms with Crippen molar-refractivity contribution < 1.29 is 13.2 Å². The summed E-state index contributed by atoms with van der Waals surface area (Å²) in [4.78, 5) is 10.9. The van der Waals surface area contributed by atoms with Crippen molar-refractivity contribution in [2.45, 2.75) is 24.8 Å². The third-order valence-electron chi connectivity index (χ3n) is 2.61. The zero-order chi connectivity index (χ0) is 15.5. The lowest BCUT2D eigenvalue weighted by molar-refractivity contribution is -0.118. The number of anilines is 1. The number of nitrogens with zero attached hydrogens (tertiary/aromatic N) is 2. The van der Waals surface area contributed by atoms with E-state index in [9.17, 15) is 13.2 Å². The maximum atomic E-state index is 12.5. The molecule has 0 aliphatic carbocycles. The van der Waals surface area contributed by atoms with E-state index in [0.29, 0.717) is 0 Å². The van der Waals surface area contributed by atoms with E-state index in [1.54, 1.807) is 13.8 Å². The van der Waals surface area contributed by atoms with Gasteiger partial charge in [0.25, 0.3) is 0 Å². The van der Waals surface area contributed by atoms with Crippen LogP contribution < -0.4 is 11.5 Å². The zero-order valence-electron chi connectivity index (χ0n) is 11.2. The molecule has 8 heteroatoms. The molecule has 20 heavy (non-hydrogen) atoms. The van der Waals surface area contributed by atoms with Gasteiger partial charge in [0.15, 0.2) is 0 Å². The lowest BCUT2D eigenvalue weighted by Gasteiger charge is -2.25. The van der Waals surface area contributed by atoms with Crippen LogP contribution in [-0.4, -0.2) is 31.2 Å². The number of rotatable bonds is 5. The number of benzene rings is 1. The number of nitrogen functional groups attached to an aromatic ring is 1. The molecule has 0 saturated carbocycles. The topological polar surface area (TPSA) is 130 Å². The van der Waals surface area contributed by atoms with Gasteiger partial charge in [-0.05, 0) is 32.0 Å². The number of hydrogen-bond donors (Lipinski definition) is 2. The summed E-state index contributed by atoms with van der Waals surface area (Å²) in [5.41, 5.74) is 11.0. The molecule has 0 heterocycles. The van der Waals surface area contributed by atoms with Crippen LogP contribution in [0.5, 0.6) is 0 Å². The quantitative estimate of drug-likeness (QED) is 0.740. The molecule has 1 amide bonds. The summed E-state index contributed by atoms with van der Waals surface area (Å²) in [5.74, 6) is -0.755. The Morgan fingerprint density at radius 3 is 2.45 bits per heavy atom. The third-order valence-corrected chi connectivity index (χ3v) is 4.71. The van der Waals surface area contributed by atoms with Crippen LogP contribution in [-0.2, 0) is 14.8 Å². The Hall–Kier alpha value is -2.11. The van der Waals surface area contributed by atoms with Gasteiger partial charge in [0.05, 0.1) is 23.9 Å². The van der Waals surface area contributed by atoms with Gasteiger partial charge in [0.1, 0.15) is 4.90 Å². The number of primary amides is 1. The van der Waals surface area contributed by atoms with Crippen molar-refractivity contribution in [2.24, 2.45) is 5.73 Å². The lowest BCUT2D eigenvalue weighted by Crippen LogP contribution is -2.42. The number of hydrogen-bond acceptors (Lipinski definition) is 5. The Labute approximate surface area is 117 Å². The van der Waals surface area contributed by atoms with Gasteiger partial charge >= 0.3 is 0 Å². The third kappa shape index (κ3) is 3.26. The largest absolute Gasteiger partial charge is 0.398 e. The number of nitriles is 1. The highest BCUT2D eigenvalue weighted by Gasteiger charge is 2.30. The molecule has 0 aliphatic heterocycles. The first-order chi connectivity index (χ1) is 9.20. The van der Waals surface area contributed by atoms with Crippen LogP contribution in [0.2, 0.25) is 0 Å². The van der Waals surface area contributed by atoms with E-state index in [1.807, 2.05) is 6.07 Å². The van der Waals surface area contributed by atoms with Crippen molar-refractivity contribution >= 4 is 21.6 Å². The number of nitrogens with two attached hydrogens (primary N) is 2. The summed E-state index contributed by atoms with van der Waals surface area (Å²) in [6.07, 6.45) is 0. The van der Waals surface area contributed by atoms with Crippen molar-refractivity contribution in [1.29, 1.82) is 5.26 Å². The second-order valence-corrected chi connectivity index (χ2v) is 6.33. The molecule has 0 aromatic heterocycles. The smallest absolute Gasteiger partial charge is 0.245 e. The molecular formula is C12H16N4O3S. The van der Waals surface area contributed by atoms with Gasteiger partial charge in [-0.15, -0.1) is 0 Å². The second kappa shape index (κ2) is 5.90. The Morgan fingerprint density at radius 2 is 2.05 bits per heavy atom. The number of carbonyl (C=O) groups is 1. The molecule has 0 fully saturated rings. The van der Waals surface area contributed by atoms with Gasteiger partial charge in [-0.2, -0.15) is 9.57 Å². The van der Waals surface area contributed by atoms with Gasteiger partial charge in [-0.25, -0.2) is 8.42 Å². The van der Waals surface area contributed by atoms with Crippen molar-refractivity contribution in [3.05, 3.63) is 23.8 Å². The normalized spacial score (nSPS) is 11.6. The summed E-state index contributed by atoms with van der Waals surface area (Å²) < 4.78 is 25.9. The van der Waals surface area contributed by atoms with Gasteiger partial charge in [0.2, 0.25) is 15.9 Å². The fourth-order valence-electron chi connectivity index (χ4n) is 1.68. The maximum Gasteiger partial charge on any atom is 0.245 e. The average molecular weight is 296 g/mol. The van der Waals surface area contributed by atoms with E-state index < -0.39 is 28.5 Å². The van der Waals surface area contributed by atoms with E-state index in [2.05, 4.69) is 0 Å². The summed E-state index contributed by atoms with van der Waals surface area (Å²) in [5, 5.41) is 8.75. The minimum Gasteiger partial charge on any atom is -0.398 e. The summed E-state index contributed by atoms with van der Waals surface area (Å²) in [6.45, 7) is 2.82. The average Bonchev–Trinajstić information content (AvgIpc) is 2.34. The van der Waals surface area contributed by atoms with Crippen LogP contribution in [0.3, 0.4) is 0 Å². The van der Waals surface area contributed by atoms with Crippen LogP contribution in [0.25, 0.3) is 0 Å². The molecule has 7 nitrogen and oxygen atoms in total. The predicted octanol–water partition coefficient (Wildman–Crippen LogP) is 0.0249.